The molecule has 0 aliphatic carbocycles. The van der Waals surface area contributed by atoms with E-state index in [4.69, 9.17) is 4.74 Å². The zero-order valence-electron chi connectivity index (χ0n) is 5.76. The van der Waals surface area contributed by atoms with Crippen molar-refractivity contribution in [1.82, 2.24) is 5.32 Å². The molecule has 0 rings (SSSR count). The van der Waals surface area contributed by atoms with Gasteiger partial charge in [0, 0.05) is 13.7 Å². The summed E-state index contributed by atoms with van der Waals surface area (Å²) >= 11 is 4.03. The molecule has 1 atom stereocenters. The molecule has 0 heterocycles. The first-order valence-corrected chi connectivity index (χ1v) is 4.77. The number of ether oxygens (including phenoxy) is 1. The monoisotopic (exact) mass is 167 g/mol. The predicted octanol–water partition coefficient (Wildman–Crippen LogP) is 1.15. The molecule has 56 valence electrons. The number of methoxy groups -OCH3 is 1. The van der Waals surface area contributed by atoms with Crippen LogP contribution < -0.4 is 5.32 Å². The van der Waals surface area contributed by atoms with Gasteiger partial charge in [0.1, 0.15) is 0 Å². The van der Waals surface area contributed by atoms with Crippen LogP contribution in [0.3, 0.4) is 0 Å². The van der Waals surface area contributed by atoms with Crippen LogP contribution in [0.25, 0.3) is 0 Å². The lowest BCUT2D eigenvalue weighted by molar-refractivity contribution is 0.199. The van der Waals surface area contributed by atoms with Gasteiger partial charge in [0.2, 0.25) is 0 Å². The Labute approximate surface area is 65.5 Å². The number of thiol groups is 1. The molecule has 0 saturated heterocycles. The van der Waals surface area contributed by atoms with Gasteiger partial charge in [0.25, 0.3) is 0 Å². The molecule has 0 aromatic carbocycles. The van der Waals surface area contributed by atoms with Crippen molar-refractivity contribution in [3.8, 4) is 0 Å². The Morgan fingerprint density at radius 3 is 2.89 bits per heavy atom. The fourth-order valence-corrected chi connectivity index (χ4v) is 0.818. The third-order valence-corrected chi connectivity index (χ3v) is 2.33. The van der Waals surface area contributed by atoms with Crippen molar-refractivity contribution in [2.45, 2.75) is 12.3 Å². The molecule has 0 saturated carbocycles. The van der Waals surface area contributed by atoms with E-state index in [0.717, 1.165) is 13.2 Å². The average Bonchev–Trinajstić information content (AvgIpc) is 1.89. The Kier molecular flexibility index (Phi) is 7.20. The lowest BCUT2D eigenvalue weighted by Gasteiger charge is -2.08. The van der Waals surface area contributed by atoms with Crippen molar-refractivity contribution in [1.29, 1.82) is 0 Å². The normalized spacial score (nSPS) is 13.7. The molecular weight excluding hydrogens is 154 g/mol. The van der Waals surface area contributed by atoms with Gasteiger partial charge in [-0.1, -0.05) is 10.8 Å². The second kappa shape index (κ2) is 6.74. The summed E-state index contributed by atoms with van der Waals surface area (Å²) in [5.41, 5.74) is 0. The van der Waals surface area contributed by atoms with Crippen LogP contribution in [-0.4, -0.2) is 25.6 Å². The number of nitrogens with one attached hydrogen (secondary N) is 1. The van der Waals surface area contributed by atoms with E-state index in [1.165, 1.54) is 10.8 Å². The quantitative estimate of drug-likeness (QED) is 0.277. The number of rotatable bonds is 5. The van der Waals surface area contributed by atoms with Crippen LogP contribution >= 0.6 is 22.5 Å². The van der Waals surface area contributed by atoms with Crippen LogP contribution in [0.2, 0.25) is 0 Å². The Balaban J connectivity index is 2.88. The van der Waals surface area contributed by atoms with E-state index in [9.17, 15) is 0 Å². The molecule has 1 N–H and O–H groups in total. The molecule has 0 fully saturated rings. The number of hydrogen-bond acceptors (Lipinski definition) is 4. The standard InChI is InChI=1S/C5H13NOS2/c1-5(9-8)6-3-4-7-2/h5-6,8H,3-4H2,1-2H3. The summed E-state index contributed by atoms with van der Waals surface area (Å²) in [6.45, 7) is 3.72. The average molecular weight is 167 g/mol. The van der Waals surface area contributed by atoms with E-state index in [-0.39, 0.29) is 0 Å². The Morgan fingerprint density at radius 2 is 2.44 bits per heavy atom. The Bertz CT molecular complexity index is 62.9. The fourth-order valence-electron chi connectivity index (χ4n) is 0.402. The molecule has 0 aromatic heterocycles. The zero-order valence-corrected chi connectivity index (χ0v) is 7.47. The Hall–Kier alpha value is 0.620. The topological polar surface area (TPSA) is 21.3 Å². The maximum absolute atomic E-state index is 4.84. The third-order valence-electron chi connectivity index (χ3n) is 0.896. The first-order chi connectivity index (χ1) is 4.31. The van der Waals surface area contributed by atoms with Crippen molar-refractivity contribution in [2.24, 2.45) is 0 Å². The van der Waals surface area contributed by atoms with Gasteiger partial charge < -0.3 is 10.1 Å². The molecular formula is C5H13NOS2. The third kappa shape index (κ3) is 6.51. The minimum absolute atomic E-state index is 0.406. The van der Waals surface area contributed by atoms with Crippen LogP contribution in [-0.2, 0) is 4.74 Å². The van der Waals surface area contributed by atoms with Crippen LogP contribution in [0.5, 0.6) is 0 Å². The smallest absolute Gasteiger partial charge is 0.0606 e. The molecule has 9 heavy (non-hydrogen) atoms. The highest BCUT2D eigenvalue weighted by atomic mass is 33.1. The molecule has 0 aliphatic heterocycles. The van der Waals surface area contributed by atoms with Gasteiger partial charge in [-0.05, 0) is 6.92 Å². The number of hydrogen-bond donors (Lipinski definition) is 2. The van der Waals surface area contributed by atoms with Gasteiger partial charge >= 0.3 is 0 Å². The van der Waals surface area contributed by atoms with Crippen molar-refractivity contribution in [2.75, 3.05) is 20.3 Å². The van der Waals surface area contributed by atoms with Crippen LogP contribution in [0.15, 0.2) is 0 Å². The van der Waals surface area contributed by atoms with Crippen molar-refractivity contribution in [3.05, 3.63) is 0 Å². The summed E-state index contributed by atoms with van der Waals surface area (Å²) in [5.74, 6) is 0. The SMILES string of the molecule is COCCNC(C)SS. The van der Waals surface area contributed by atoms with Crippen molar-refractivity contribution in [3.63, 3.8) is 0 Å². The molecule has 0 bridgehead atoms. The van der Waals surface area contributed by atoms with E-state index in [0.29, 0.717) is 5.37 Å². The summed E-state index contributed by atoms with van der Waals surface area (Å²) in [5, 5.41) is 3.60. The van der Waals surface area contributed by atoms with Gasteiger partial charge in [-0.3, -0.25) is 0 Å². The summed E-state index contributed by atoms with van der Waals surface area (Å²) in [6.07, 6.45) is 0. The predicted molar refractivity (Wildman–Crippen MR) is 45.9 cm³/mol. The highest BCUT2D eigenvalue weighted by molar-refractivity contribution is 8.68. The molecule has 0 amide bonds. The largest absolute Gasteiger partial charge is 0.383 e. The first-order valence-electron chi connectivity index (χ1n) is 2.83. The van der Waals surface area contributed by atoms with Crippen LogP contribution in [0.4, 0.5) is 0 Å². The molecule has 0 radical (unpaired) electrons. The van der Waals surface area contributed by atoms with Crippen molar-refractivity contribution < 1.29 is 4.74 Å². The minimum Gasteiger partial charge on any atom is -0.383 e. The molecule has 2 nitrogen and oxygen atoms in total. The van der Waals surface area contributed by atoms with E-state index in [1.54, 1.807) is 7.11 Å². The van der Waals surface area contributed by atoms with Gasteiger partial charge in [-0.15, -0.1) is 11.7 Å². The highest BCUT2D eigenvalue weighted by Crippen LogP contribution is 2.09. The summed E-state index contributed by atoms with van der Waals surface area (Å²) in [7, 11) is 3.20. The van der Waals surface area contributed by atoms with Gasteiger partial charge in [0.15, 0.2) is 0 Å². The maximum Gasteiger partial charge on any atom is 0.0606 e. The fraction of sp³-hybridized carbons (Fsp3) is 1.00. The van der Waals surface area contributed by atoms with Gasteiger partial charge in [-0.25, -0.2) is 0 Å². The Morgan fingerprint density at radius 1 is 1.78 bits per heavy atom. The van der Waals surface area contributed by atoms with E-state index >= 15 is 0 Å². The highest BCUT2D eigenvalue weighted by Gasteiger charge is 1.94. The molecule has 0 aliphatic rings. The van der Waals surface area contributed by atoms with Crippen LogP contribution in [0.1, 0.15) is 6.92 Å². The molecule has 0 spiro atoms. The van der Waals surface area contributed by atoms with E-state index < -0.39 is 0 Å². The lowest BCUT2D eigenvalue weighted by Crippen LogP contribution is -2.25. The molecule has 4 heteroatoms. The first kappa shape index (κ1) is 9.62. The molecule has 1 unspecified atom stereocenters. The lowest BCUT2D eigenvalue weighted by atomic mass is 10.6. The summed E-state index contributed by atoms with van der Waals surface area (Å²) < 4.78 is 4.84. The minimum atomic E-state index is 0.406. The molecule has 0 aromatic rings. The van der Waals surface area contributed by atoms with Crippen LogP contribution in [0, 0.1) is 0 Å². The zero-order chi connectivity index (χ0) is 7.11. The van der Waals surface area contributed by atoms with E-state index in [2.05, 4.69) is 23.9 Å². The summed E-state index contributed by atoms with van der Waals surface area (Å²) in [4.78, 5) is 0. The summed E-state index contributed by atoms with van der Waals surface area (Å²) in [6, 6.07) is 0. The second-order valence-corrected chi connectivity index (χ2v) is 3.24. The second-order valence-electron chi connectivity index (χ2n) is 1.69. The van der Waals surface area contributed by atoms with Gasteiger partial charge in [-0.2, -0.15) is 0 Å². The van der Waals surface area contributed by atoms with Crippen molar-refractivity contribution >= 4 is 22.5 Å². The van der Waals surface area contributed by atoms with E-state index in [1.807, 2.05) is 0 Å². The maximum atomic E-state index is 4.84. The van der Waals surface area contributed by atoms with Gasteiger partial charge in [0.05, 0.1) is 12.0 Å².